The van der Waals surface area contributed by atoms with Crippen LogP contribution in [-0.4, -0.2) is 57.5 Å². The van der Waals surface area contributed by atoms with E-state index in [-0.39, 0.29) is 22.8 Å². The number of rotatable bonds is 14. The van der Waals surface area contributed by atoms with Crippen molar-refractivity contribution in [3.63, 3.8) is 0 Å². The van der Waals surface area contributed by atoms with Gasteiger partial charge < -0.3 is 21.1 Å². The van der Waals surface area contributed by atoms with Gasteiger partial charge in [0.2, 0.25) is 5.91 Å². The zero-order valence-corrected chi connectivity index (χ0v) is 27.1. The SMILES string of the molecule is CCC(C)/C=C(\C=C(\F)C(C)=O)c1cc(C(F)(F)F)nn1CC(C)(C)NC(=O)C(CC(=C/N)/C=N/C(F)F)NC(=O)OC(C)(C)C. The van der Waals surface area contributed by atoms with Crippen LogP contribution in [0.2, 0.25) is 0 Å². The number of nitrogens with two attached hydrogens (primary N) is 1. The molecule has 0 radical (unpaired) electrons. The predicted octanol–water partition coefficient (Wildman–Crippen LogP) is 6.09. The fourth-order valence-electron chi connectivity index (χ4n) is 3.82. The summed E-state index contributed by atoms with van der Waals surface area (Å²) in [6, 6.07) is -0.742. The number of ketones is 1. The summed E-state index contributed by atoms with van der Waals surface area (Å²) >= 11 is 0. The van der Waals surface area contributed by atoms with Gasteiger partial charge in [-0.25, -0.2) is 14.2 Å². The number of amides is 2. The minimum atomic E-state index is -4.88. The van der Waals surface area contributed by atoms with Crippen LogP contribution in [0.5, 0.6) is 0 Å². The average Bonchev–Trinajstić information content (AvgIpc) is 3.31. The molecule has 0 fully saturated rings. The number of halogens is 6. The highest BCUT2D eigenvalue weighted by Gasteiger charge is 2.37. The third-order valence-corrected chi connectivity index (χ3v) is 6.11. The van der Waals surface area contributed by atoms with Gasteiger partial charge in [-0.2, -0.15) is 27.1 Å². The summed E-state index contributed by atoms with van der Waals surface area (Å²) in [5, 5.41) is 8.64. The molecule has 0 spiro atoms. The molecule has 2 amide bonds. The third-order valence-electron chi connectivity index (χ3n) is 6.11. The Balaban J connectivity index is 3.58. The van der Waals surface area contributed by atoms with E-state index in [0.29, 0.717) is 12.5 Å². The van der Waals surface area contributed by atoms with Crippen molar-refractivity contribution in [2.75, 3.05) is 0 Å². The molecule has 0 aromatic carbocycles. The van der Waals surface area contributed by atoms with Crippen molar-refractivity contribution in [1.29, 1.82) is 0 Å². The van der Waals surface area contributed by atoms with E-state index in [4.69, 9.17) is 10.5 Å². The number of nitrogens with one attached hydrogen (secondary N) is 2. The molecule has 10 nitrogen and oxygen atoms in total. The topological polar surface area (TPSA) is 141 Å². The van der Waals surface area contributed by atoms with Crippen molar-refractivity contribution in [3.8, 4) is 0 Å². The van der Waals surface area contributed by atoms with Crippen LogP contribution in [0.4, 0.5) is 31.1 Å². The first-order valence-corrected chi connectivity index (χ1v) is 14.3. The van der Waals surface area contributed by atoms with E-state index in [0.717, 1.165) is 30.1 Å². The first-order valence-electron chi connectivity index (χ1n) is 14.3. The van der Waals surface area contributed by atoms with E-state index < -0.39 is 72.2 Å². The Kier molecular flexibility index (Phi) is 14.3. The standard InChI is InChI=1S/C30H42F6N6O4/c1-9-17(2)10-20(12-21(31)18(3)43)23-13-24(30(34,35)36)41-42(23)16-29(7,8)40-25(44)22(39-27(45)46-28(4,5)6)11-19(14-37)15-38-26(32)33/h10,12-15,17,22,26H,9,11,16,37H2,1-8H3,(H,39,45)(H,40,44)/b19-14-,20-10+,21-12+,38-15+. The van der Waals surface area contributed by atoms with Crippen molar-refractivity contribution in [2.45, 2.75) is 105 Å². The first-order chi connectivity index (χ1) is 21.0. The second-order valence-electron chi connectivity index (χ2n) is 12.2. The van der Waals surface area contributed by atoms with Gasteiger partial charge in [0, 0.05) is 19.6 Å². The smallest absolute Gasteiger partial charge is 0.435 e. The molecular weight excluding hydrogens is 622 g/mol. The number of carbonyl (C=O) groups is 3. The molecule has 0 saturated heterocycles. The summed E-state index contributed by atoms with van der Waals surface area (Å²) in [6.07, 6.45) is -1.77. The largest absolute Gasteiger partial charge is 0.444 e. The number of Topliss-reactive ketones (excluding diaryl/α,β-unsaturated/α-hetero) is 1. The summed E-state index contributed by atoms with van der Waals surface area (Å²) in [4.78, 5) is 40.6. The lowest BCUT2D eigenvalue weighted by Gasteiger charge is -2.30. The van der Waals surface area contributed by atoms with Gasteiger partial charge in [0.1, 0.15) is 11.6 Å². The Morgan fingerprint density at radius 1 is 1.15 bits per heavy atom. The summed E-state index contributed by atoms with van der Waals surface area (Å²) in [7, 11) is 0. The number of alkyl carbamates (subject to hydrolysis) is 1. The summed E-state index contributed by atoms with van der Waals surface area (Å²) in [5.41, 5.74) is 1.62. The van der Waals surface area contributed by atoms with Crippen LogP contribution in [0.25, 0.3) is 5.57 Å². The molecule has 2 atom stereocenters. The van der Waals surface area contributed by atoms with Gasteiger partial charge in [-0.15, -0.1) is 0 Å². The highest BCUT2D eigenvalue weighted by atomic mass is 19.4. The van der Waals surface area contributed by atoms with Gasteiger partial charge in [-0.05, 0) is 70.0 Å². The minimum Gasteiger partial charge on any atom is -0.444 e. The van der Waals surface area contributed by atoms with Gasteiger partial charge in [0.05, 0.1) is 17.8 Å². The number of hydrogen-bond acceptors (Lipinski definition) is 7. The molecular formula is C30H42F6N6O4. The van der Waals surface area contributed by atoms with Crippen LogP contribution in [0, 0.1) is 5.92 Å². The van der Waals surface area contributed by atoms with Crippen LogP contribution >= 0.6 is 0 Å². The Morgan fingerprint density at radius 2 is 1.76 bits per heavy atom. The molecule has 1 aromatic heterocycles. The molecule has 0 aliphatic carbocycles. The summed E-state index contributed by atoms with van der Waals surface area (Å²) in [5.74, 6) is -3.21. The molecule has 0 aliphatic heterocycles. The predicted molar refractivity (Wildman–Crippen MR) is 161 cm³/mol. The van der Waals surface area contributed by atoms with Gasteiger partial charge in [0.25, 0.3) is 0 Å². The first kappa shape index (κ1) is 39.9. The van der Waals surface area contributed by atoms with E-state index in [1.165, 1.54) is 19.9 Å². The highest BCUT2D eigenvalue weighted by molar-refractivity contribution is 5.94. The van der Waals surface area contributed by atoms with E-state index in [9.17, 15) is 40.7 Å². The van der Waals surface area contributed by atoms with E-state index in [1.807, 2.05) is 6.92 Å². The molecule has 16 heteroatoms. The monoisotopic (exact) mass is 664 g/mol. The normalized spacial score (nSPS) is 15.2. The highest BCUT2D eigenvalue weighted by Crippen LogP contribution is 2.32. The Morgan fingerprint density at radius 3 is 2.24 bits per heavy atom. The van der Waals surface area contributed by atoms with Gasteiger partial charge >= 0.3 is 18.8 Å². The molecule has 0 aliphatic rings. The van der Waals surface area contributed by atoms with Crippen molar-refractivity contribution in [1.82, 2.24) is 20.4 Å². The van der Waals surface area contributed by atoms with Crippen LogP contribution in [-0.2, 0) is 27.0 Å². The minimum absolute atomic E-state index is 0.0345. The Labute approximate surface area is 264 Å². The molecule has 0 saturated carbocycles. The Bertz CT molecular complexity index is 1360. The summed E-state index contributed by atoms with van der Waals surface area (Å²) < 4.78 is 87.3. The number of hydrogen-bond donors (Lipinski definition) is 3. The fraction of sp³-hybridized carbons (Fsp3) is 0.567. The third kappa shape index (κ3) is 13.9. The van der Waals surface area contributed by atoms with Crippen molar-refractivity contribution in [2.24, 2.45) is 16.6 Å². The van der Waals surface area contributed by atoms with Crippen molar-refractivity contribution >= 4 is 29.6 Å². The maximum absolute atomic E-state index is 14.5. The number of allylic oxidation sites excluding steroid dienone is 4. The molecule has 1 rings (SSSR count). The number of alkyl halides is 5. The van der Waals surface area contributed by atoms with Gasteiger partial charge in [-0.3, -0.25) is 14.3 Å². The zero-order chi connectivity index (χ0) is 35.6. The van der Waals surface area contributed by atoms with Crippen LogP contribution < -0.4 is 16.4 Å². The number of aromatic nitrogens is 2. The Hall–Kier alpha value is -4.11. The number of ether oxygens (including phenoxy) is 1. The van der Waals surface area contributed by atoms with Gasteiger partial charge in [-0.1, -0.05) is 26.3 Å². The quantitative estimate of drug-likeness (QED) is 0.0723. The molecule has 46 heavy (non-hydrogen) atoms. The van der Waals surface area contributed by atoms with E-state index in [2.05, 4.69) is 20.7 Å². The van der Waals surface area contributed by atoms with Crippen LogP contribution in [0.3, 0.4) is 0 Å². The second-order valence-corrected chi connectivity index (χ2v) is 12.2. The number of nitrogens with zero attached hydrogens (tertiary/aromatic N) is 3. The zero-order valence-electron chi connectivity index (χ0n) is 27.1. The maximum atomic E-state index is 14.5. The van der Waals surface area contributed by atoms with E-state index >= 15 is 0 Å². The van der Waals surface area contributed by atoms with Crippen LogP contribution in [0.1, 0.15) is 79.6 Å². The van der Waals surface area contributed by atoms with Gasteiger partial charge in [0.15, 0.2) is 17.3 Å². The lowest BCUT2D eigenvalue weighted by atomic mass is 10.00. The fourth-order valence-corrected chi connectivity index (χ4v) is 3.82. The lowest BCUT2D eigenvalue weighted by molar-refractivity contribution is -0.141. The molecule has 0 bridgehead atoms. The molecule has 2 unspecified atom stereocenters. The van der Waals surface area contributed by atoms with E-state index in [1.54, 1.807) is 27.7 Å². The molecule has 1 heterocycles. The second kappa shape index (κ2) is 16.5. The number of aliphatic imine (C=N–C) groups is 1. The summed E-state index contributed by atoms with van der Waals surface area (Å²) in [6.45, 7) is 8.70. The molecule has 1 aromatic rings. The maximum Gasteiger partial charge on any atom is 0.435 e. The molecule has 258 valence electrons. The number of carbonyl (C=O) groups excluding carboxylic acids is 3. The van der Waals surface area contributed by atoms with Crippen LogP contribution in [0.15, 0.2) is 40.8 Å². The molecule has 4 N–H and O–H groups in total. The lowest BCUT2D eigenvalue weighted by Crippen LogP contribution is -2.55. The van der Waals surface area contributed by atoms with Crippen molar-refractivity contribution < 1.29 is 45.5 Å². The average molecular weight is 665 g/mol. The van der Waals surface area contributed by atoms with Crippen molar-refractivity contribution in [3.05, 3.63) is 47.2 Å².